The topological polar surface area (TPSA) is 48.4 Å². The zero-order chi connectivity index (χ0) is 17.1. The number of rotatable bonds is 7. The molecule has 5 heteroatoms. The third-order valence-electron chi connectivity index (χ3n) is 4.07. The fourth-order valence-corrected chi connectivity index (χ4v) is 3.13. The van der Waals surface area contributed by atoms with Crippen LogP contribution in [-0.4, -0.2) is 11.1 Å². The number of halogens is 1. The van der Waals surface area contributed by atoms with Gasteiger partial charge in [0.05, 0.1) is 0 Å². The van der Waals surface area contributed by atoms with Gasteiger partial charge in [0.25, 0.3) is 0 Å². The van der Waals surface area contributed by atoms with Crippen LogP contribution in [0.3, 0.4) is 0 Å². The van der Waals surface area contributed by atoms with Gasteiger partial charge in [-0.1, -0.05) is 43.6 Å². The molecule has 0 aliphatic rings. The minimum Gasteiger partial charge on any atom is -0.483 e. The van der Waals surface area contributed by atoms with E-state index in [1.807, 2.05) is 36.4 Å². The molecule has 1 aromatic heterocycles. The first-order chi connectivity index (χ1) is 11.6. The van der Waals surface area contributed by atoms with E-state index < -0.39 is 0 Å². The molecule has 3 rings (SSSR count). The smallest absolute Gasteiger partial charge is 0.148 e. The van der Waals surface area contributed by atoms with E-state index in [2.05, 4.69) is 6.92 Å². The summed E-state index contributed by atoms with van der Waals surface area (Å²) in [6, 6.07) is 11.4. The highest BCUT2D eigenvalue weighted by Gasteiger charge is 2.15. The summed E-state index contributed by atoms with van der Waals surface area (Å²) in [5.74, 6) is 0.745. The van der Waals surface area contributed by atoms with Gasteiger partial charge in [0.15, 0.2) is 0 Å². The minimum absolute atomic E-state index is 0.239. The fraction of sp³-hybridized carbons (Fsp3) is 0.316. The second kappa shape index (κ2) is 7.41. The molecule has 2 N–H and O–H groups in total. The van der Waals surface area contributed by atoms with Crippen LogP contribution in [0, 0.1) is 0 Å². The standard InChI is InChI=1S/C19H20ClNO2S/c1-2-3-4-5-17(19(21)24)22-13-7-9-16-15(11-13)14-8-6-12(20)10-18(14)23-16/h6-11,17H,2-5H2,1H3,(H2,21,24). The van der Waals surface area contributed by atoms with Crippen LogP contribution in [0.2, 0.25) is 5.02 Å². The van der Waals surface area contributed by atoms with Crippen molar-refractivity contribution in [1.82, 2.24) is 0 Å². The minimum atomic E-state index is -0.239. The first kappa shape index (κ1) is 17.1. The number of nitrogens with two attached hydrogens (primary N) is 1. The van der Waals surface area contributed by atoms with E-state index >= 15 is 0 Å². The van der Waals surface area contributed by atoms with Crippen LogP contribution in [0.25, 0.3) is 21.9 Å². The Labute approximate surface area is 151 Å². The fourth-order valence-electron chi connectivity index (χ4n) is 2.81. The molecule has 0 radical (unpaired) electrons. The molecule has 0 saturated carbocycles. The van der Waals surface area contributed by atoms with Crippen molar-refractivity contribution in [3.8, 4) is 5.75 Å². The molecule has 126 valence electrons. The maximum Gasteiger partial charge on any atom is 0.148 e. The largest absolute Gasteiger partial charge is 0.483 e. The molecule has 3 aromatic rings. The van der Waals surface area contributed by atoms with Crippen molar-refractivity contribution in [1.29, 1.82) is 0 Å². The monoisotopic (exact) mass is 361 g/mol. The van der Waals surface area contributed by atoms with Gasteiger partial charge in [-0.15, -0.1) is 0 Å². The Morgan fingerprint density at radius 2 is 2.00 bits per heavy atom. The van der Waals surface area contributed by atoms with E-state index in [1.54, 1.807) is 0 Å². The lowest BCUT2D eigenvalue weighted by atomic mass is 10.1. The molecule has 1 atom stereocenters. The van der Waals surface area contributed by atoms with Gasteiger partial charge in [-0.3, -0.25) is 0 Å². The van der Waals surface area contributed by atoms with Gasteiger partial charge in [0.1, 0.15) is 28.0 Å². The molecule has 1 heterocycles. The molecule has 0 amide bonds. The number of benzene rings is 2. The average molecular weight is 362 g/mol. The average Bonchev–Trinajstić information content (AvgIpc) is 2.90. The van der Waals surface area contributed by atoms with E-state index in [0.717, 1.165) is 53.4 Å². The van der Waals surface area contributed by atoms with E-state index in [-0.39, 0.29) is 6.10 Å². The van der Waals surface area contributed by atoms with Crippen LogP contribution in [-0.2, 0) is 0 Å². The summed E-state index contributed by atoms with van der Waals surface area (Å²) in [6.45, 7) is 2.17. The maximum absolute atomic E-state index is 6.04. The van der Waals surface area contributed by atoms with Crippen molar-refractivity contribution in [2.45, 2.75) is 38.7 Å². The molecule has 3 nitrogen and oxygen atoms in total. The van der Waals surface area contributed by atoms with Crippen LogP contribution in [0.1, 0.15) is 32.6 Å². The van der Waals surface area contributed by atoms with Gasteiger partial charge in [0, 0.05) is 21.9 Å². The van der Waals surface area contributed by atoms with Crippen molar-refractivity contribution in [2.75, 3.05) is 0 Å². The van der Waals surface area contributed by atoms with Crippen LogP contribution in [0.5, 0.6) is 5.75 Å². The second-order valence-corrected chi connectivity index (χ2v) is 6.81. The Morgan fingerprint density at radius 3 is 2.75 bits per heavy atom. The molecular weight excluding hydrogens is 342 g/mol. The van der Waals surface area contributed by atoms with Gasteiger partial charge in [0.2, 0.25) is 0 Å². The predicted molar refractivity (Wildman–Crippen MR) is 104 cm³/mol. The number of hydrogen-bond acceptors (Lipinski definition) is 3. The summed E-state index contributed by atoms with van der Waals surface area (Å²) in [7, 11) is 0. The SMILES string of the molecule is CCCCCC(Oc1ccc2oc3cc(Cl)ccc3c2c1)C(N)=S. The number of thiocarbonyl (C=S) groups is 1. The van der Waals surface area contributed by atoms with E-state index in [1.165, 1.54) is 0 Å². The Balaban J connectivity index is 1.88. The number of unbranched alkanes of at least 4 members (excludes halogenated alkanes) is 2. The van der Waals surface area contributed by atoms with Crippen LogP contribution in [0.4, 0.5) is 0 Å². The zero-order valence-corrected chi connectivity index (χ0v) is 15.1. The Bertz CT molecular complexity index is 874. The Hall–Kier alpha value is -1.78. The third-order valence-corrected chi connectivity index (χ3v) is 4.57. The van der Waals surface area contributed by atoms with Crippen molar-refractivity contribution < 1.29 is 9.15 Å². The van der Waals surface area contributed by atoms with Gasteiger partial charge >= 0.3 is 0 Å². The summed E-state index contributed by atoms with van der Waals surface area (Å²) in [5.41, 5.74) is 7.41. The van der Waals surface area contributed by atoms with Gasteiger partial charge in [-0.25, -0.2) is 0 Å². The lowest BCUT2D eigenvalue weighted by molar-refractivity contribution is 0.252. The van der Waals surface area contributed by atoms with Gasteiger partial charge in [-0.2, -0.15) is 0 Å². The lowest BCUT2D eigenvalue weighted by Gasteiger charge is -2.17. The number of fused-ring (bicyclic) bond motifs is 3. The van der Waals surface area contributed by atoms with Crippen molar-refractivity contribution in [2.24, 2.45) is 5.73 Å². The highest BCUT2D eigenvalue weighted by Crippen LogP contribution is 2.33. The molecular formula is C19H20ClNO2S. The Kier molecular flexibility index (Phi) is 5.27. The molecule has 0 aliphatic heterocycles. The van der Waals surface area contributed by atoms with Crippen LogP contribution >= 0.6 is 23.8 Å². The first-order valence-electron chi connectivity index (χ1n) is 8.16. The molecule has 2 aromatic carbocycles. The zero-order valence-electron chi connectivity index (χ0n) is 13.5. The molecule has 24 heavy (non-hydrogen) atoms. The highest BCUT2D eigenvalue weighted by atomic mass is 35.5. The van der Waals surface area contributed by atoms with Crippen molar-refractivity contribution in [3.63, 3.8) is 0 Å². The van der Waals surface area contributed by atoms with E-state index in [9.17, 15) is 0 Å². The second-order valence-electron chi connectivity index (χ2n) is 5.91. The van der Waals surface area contributed by atoms with E-state index in [4.69, 9.17) is 38.7 Å². The number of ether oxygens (including phenoxy) is 1. The first-order valence-corrected chi connectivity index (χ1v) is 8.95. The predicted octanol–water partition coefficient (Wildman–Crippen LogP) is 5.85. The van der Waals surface area contributed by atoms with Gasteiger partial charge < -0.3 is 14.9 Å². The summed E-state index contributed by atoms with van der Waals surface area (Å²) in [6.07, 6.45) is 3.95. The van der Waals surface area contributed by atoms with Crippen molar-refractivity contribution in [3.05, 3.63) is 41.4 Å². The summed E-state index contributed by atoms with van der Waals surface area (Å²) >= 11 is 11.2. The number of hydrogen-bond donors (Lipinski definition) is 1. The lowest BCUT2D eigenvalue weighted by Crippen LogP contribution is -2.32. The molecule has 0 aliphatic carbocycles. The van der Waals surface area contributed by atoms with E-state index in [0.29, 0.717) is 10.0 Å². The van der Waals surface area contributed by atoms with Crippen LogP contribution < -0.4 is 10.5 Å². The molecule has 0 bridgehead atoms. The molecule has 0 fully saturated rings. The highest BCUT2D eigenvalue weighted by molar-refractivity contribution is 7.80. The van der Waals surface area contributed by atoms with Gasteiger partial charge in [-0.05, 0) is 43.2 Å². The third kappa shape index (κ3) is 3.65. The van der Waals surface area contributed by atoms with Crippen LogP contribution in [0.15, 0.2) is 40.8 Å². The molecule has 1 unspecified atom stereocenters. The Morgan fingerprint density at radius 1 is 1.17 bits per heavy atom. The summed E-state index contributed by atoms with van der Waals surface area (Å²) in [5, 5.41) is 2.66. The quantitative estimate of drug-likeness (QED) is 0.423. The maximum atomic E-state index is 6.04. The number of furan rings is 1. The normalized spacial score (nSPS) is 12.6. The summed E-state index contributed by atoms with van der Waals surface area (Å²) < 4.78 is 11.9. The molecule has 0 spiro atoms. The molecule has 0 saturated heterocycles. The summed E-state index contributed by atoms with van der Waals surface area (Å²) in [4.78, 5) is 0.398. The van der Waals surface area contributed by atoms with Crippen molar-refractivity contribution >= 4 is 50.7 Å².